The van der Waals surface area contributed by atoms with Crippen LogP contribution in [0.15, 0.2) is 23.7 Å². The molecule has 0 aliphatic carbocycles. The van der Waals surface area contributed by atoms with E-state index in [1.54, 1.807) is 0 Å². The fourth-order valence-corrected chi connectivity index (χ4v) is 2.48. The minimum absolute atomic E-state index is 0.360. The molecule has 0 radical (unpaired) electrons. The van der Waals surface area contributed by atoms with Crippen LogP contribution in [-0.4, -0.2) is 16.7 Å². The lowest BCUT2D eigenvalue weighted by Gasteiger charge is -2.12. The van der Waals surface area contributed by atoms with Crippen molar-refractivity contribution in [2.24, 2.45) is 0 Å². The molecule has 0 saturated heterocycles. The van der Waals surface area contributed by atoms with E-state index in [9.17, 15) is 0 Å². The highest BCUT2D eigenvalue weighted by molar-refractivity contribution is 7.09. The van der Waals surface area contributed by atoms with Crippen molar-refractivity contribution in [2.75, 3.05) is 6.54 Å². The number of rotatable bonds is 5. The van der Waals surface area contributed by atoms with Crippen molar-refractivity contribution in [3.63, 3.8) is 0 Å². The molecule has 0 spiro atoms. The van der Waals surface area contributed by atoms with Gasteiger partial charge in [0.05, 0.1) is 6.20 Å². The van der Waals surface area contributed by atoms with Gasteiger partial charge in [-0.15, -0.1) is 11.3 Å². The summed E-state index contributed by atoms with van der Waals surface area (Å²) in [6.45, 7) is 5.23. The molecule has 0 amide bonds. The van der Waals surface area contributed by atoms with E-state index in [1.807, 2.05) is 17.5 Å². The molecule has 1 unspecified atom stereocenters. The Bertz CT molecular complexity index is 419. The summed E-state index contributed by atoms with van der Waals surface area (Å²) in [5, 5.41) is 12.6. The first-order valence-electron chi connectivity index (χ1n) is 5.53. The number of aryl methyl sites for hydroxylation is 1. The summed E-state index contributed by atoms with van der Waals surface area (Å²) in [4.78, 5) is 1.43. The monoisotopic (exact) mass is 235 g/mol. The van der Waals surface area contributed by atoms with Crippen LogP contribution >= 0.6 is 11.3 Å². The van der Waals surface area contributed by atoms with Crippen molar-refractivity contribution in [1.82, 2.24) is 15.5 Å². The van der Waals surface area contributed by atoms with Crippen LogP contribution in [0.3, 0.4) is 0 Å². The Morgan fingerprint density at radius 1 is 1.56 bits per heavy atom. The molecule has 2 aromatic rings. The van der Waals surface area contributed by atoms with E-state index in [2.05, 4.69) is 46.9 Å². The molecule has 0 aliphatic heterocycles. The van der Waals surface area contributed by atoms with Gasteiger partial charge in [0.1, 0.15) is 0 Å². The first kappa shape index (κ1) is 11.4. The van der Waals surface area contributed by atoms with Gasteiger partial charge in [0.25, 0.3) is 0 Å². The van der Waals surface area contributed by atoms with Gasteiger partial charge in [-0.3, -0.25) is 5.10 Å². The van der Waals surface area contributed by atoms with Crippen LogP contribution in [-0.2, 0) is 6.42 Å². The molecule has 0 fully saturated rings. The molecule has 2 N–H and O–H groups in total. The summed E-state index contributed by atoms with van der Waals surface area (Å²) in [7, 11) is 0. The molecule has 0 aromatic carbocycles. The zero-order chi connectivity index (χ0) is 11.4. The molecule has 16 heavy (non-hydrogen) atoms. The molecule has 2 aromatic heterocycles. The highest BCUT2D eigenvalue weighted by Crippen LogP contribution is 2.14. The fourth-order valence-electron chi connectivity index (χ4n) is 1.77. The second-order valence-electron chi connectivity index (χ2n) is 3.96. The Kier molecular flexibility index (Phi) is 3.74. The highest BCUT2D eigenvalue weighted by atomic mass is 32.1. The number of thiophene rings is 1. The van der Waals surface area contributed by atoms with Gasteiger partial charge in [-0.05, 0) is 31.7 Å². The Labute approximate surface area is 99.9 Å². The van der Waals surface area contributed by atoms with E-state index in [1.165, 1.54) is 10.4 Å². The van der Waals surface area contributed by atoms with Gasteiger partial charge in [0.2, 0.25) is 0 Å². The molecule has 86 valence electrons. The summed E-state index contributed by atoms with van der Waals surface area (Å²) in [6, 6.07) is 4.64. The quantitative estimate of drug-likeness (QED) is 0.836. The Balaban J connectivity index is 1.80. The van der Waals surface area contributed by atoms with Gasteiger partial charge in [-0.2, -0.15) is 5.10 Å². The largest absolute Gasteiger partial charge is 0.310 e. The molecular formula is C12H17N3S. The van der Waals surface area contributed by atoms with Gasteiger partial charge < -0.3 is 5.32 Å². The number of aromatic amines is 1. The molecule has 2 heterocycles. The molecule has 4 heteroatoms. The second kappa shape index (κ2) is 5.27. The van der Waals surface area contributed by atoms with Crippen LogP contribution in [0.2, 0.25) is 0 Å². The van der Waals surface area contributed by atoms with Crippen LogP contribution in [0.5, 0.6) is 0 Å². The number of nitrogens with zero attached hydrogens (tertiary/aromatic N) is 1. The number of aromatic nitrogens is 2. The van der Waals surface area contributed by atoms with Gasteiger partial charge in [0, 0.05) is 28.7 Å². The Morgan fingerprint density at radius 2 is 2.44 bits per heavy atom. The van der Waals surface area contributed by atoms with Crippen LogP contribution < -0.4 is 5.32 Å². The smallest absolute Gasteiger partial charge is 0.0537 e. The lowest BCUT2D eigenvalue weighted by atomic mass is 10.1. The second-order valence-corrected chi connectivity index (χ2v) is 4.99. The molecule has 3 nitrogen and oxygen atoms in total. The predicted molar refractivity (Wildman–Crippen MR) is 67.8 cm³/mol. The third kappa shape index (κ3) is 2.71. The van der Waals surface area contributed by atoms with Crippen molar-refractivity contribution in [3.05, 3.63) is 39.8 Å². The third-order valence-corrected chi connectivity index (χ3v) is 3.67. The van der Waals surface area contributed by atoms with E-state index < -0.39 is 0 Å². The molecular weight excluding hydrogens is 218 g/mol. The van der Waals surface area contributed by atoms with Crippen LogP contribution in [0, 0.1) is 6.92 Å². The first-order valence-corrected chi connectivity index (χ1v) is 6.41. The standard InChI is InChI=1S/C12H17N3S/c1-9(12-8-14-15-10(12)2)13-6-5-11-4-3-7-16-11/h3-4,7-9,13H,5-6H2,1-2H3,(H,14,15). The fraction of sp³-hybridized carbons (Fsp3) is 0.417. The summed E-state index contributed by atoms with van der Waals surface area (Å²) < 4.78 is 0. The van der Waals surface area contributed by atoms with Gasteiger partial charge in [0.15, 0.2) is 0 Å². The molecule has 2 rings (SSSR count). The highest BCUT2D eigenvalue weighted by Gasteiger charge is 2.08. The van der Waals surface area contributed by atoms with Crippen LogP contribution in [0.1, 0.15) is 29.1 Å². The van der Waals surface area contributed by atoms with E-state index in [4.69, 9.17) is 0 Å². The average Bonchev–Trinajstić information content (AvgIpc) is 2.88. The topological polar surface area (TPSA) is 40.7 Å². The predicted octanol–water partition coefficient (Wildman–Crippen LogP) is 2.67. The van der Waals surface area contributed by atoms with Gasteiger partial charge in [-0.1, -0.05) is 6.07 Å². The lowest BCUT2D eigenvalue weighted by molar-refractivity contribution is 0.576. The minimum Gasteiger partial charge on any atom is -0.310 e. The van der Waals surface area contributed by atoms with Crippen molar-refractivity contribution < 1.29 is 0 Å². The average molecular weight is 235 g/mol. The van der Waals surface area contributed by atoms with E-state index in [0.717, 1.165) is 18.7 Å². The summed E-state index contributed by atoms with van der Waals surface area (Å²) in [5.74, 6) is 0. The first-order chi connectivity index (χ1) is 7.77. The maximum atomic E-state index is 4.04. The zero-order valence-electron chi connectivity index (χ0n) is 9.66. The normalized spacial score (nSPS) is 12.9. The molecule has 1 atom stereocenters. The van der Waals surface area contributed by atoms with E-state index in [-0.39, 0.29) is 0 Å². The van der Waals surface area contributed by atoms with E-state index in [0.29, 0.717) is 6.04 Å². The van der Waals surface area contributed by atoms with Crippen molar-refractivity contribution in [3.8, 4) is 0 Å². The SMILES string of the molecule is Cc1[nH]ncc1C(C)NCCc1cccs1. The molecule has 0 aliphatic rings. The zero-order valence-corrected chi connectivity index (χ0v) is 10.5. The van der Waals surface area contributed by atoms with Gasteiger partial charge >= 0.3 is 0 Å². The van der Waals surface area contributed by atoms with Crippen molar-refractivity contribution >= 4 is 11.3 Å². The van der Waals surface area contributed by atoms with Crippen molar-refractivity contribution in [2.45, 2.75) is 26.3 Å². The van der Waals surface area contributed by atoms with Crippen LogP contribution in [0.4, 0.5) is 0 Å². The molecule has 0 saturated carbocycles. The number of hydrogen-bond donors (Lipinski definition) is 2. The number of H-pyrrole nitrogens is 1. The maximum absolute atomic E-state index is 4.04. The van der Waals surface area contributed by atoms with Crippen LogP contribution in [0.25, 0.3) is 0 Å². The minimum atomic E-state index is 0.360. The lowest BCUT2D eigenvalue weighted by Crippen LogP contribution is -2.21. The third-order valence-electron chi connectivity index (χ3n) is 2.74. The Hall–Kier alpha value is -1.13. The summed E-state index contributed by atoms with van der Waals surface area (Å²) >= 11 is 1.82. The summed E-state index contributed by atoms with van der Waals surface area (Å²) in [5.41, 5.74) is 2.40. The van der Waals surface area contributed by atoms with Crippen molar-refractivity contribution in [1.29, 1.82) is 0 Å². The number of hydrogen-bond acceptors (Lipinski definition) is 3. The maximum Gasteiger partial charge on any atom is 0.0537 e. The van der Waals surface area contributed by atoms with Gasteiger partial charge in [-0.25, -0.2) is 0 Å². The number of nitrogens with one attached hydrogen (secondary N) is 2. The Morgan fingerprint density at radius 3 is 3.06 bits per heavy atom. The molecule has 0 bridgehead atoms. The summed E-state index contributed by atoms with van der Waals surface area (Å²) in [6.07, 6.45) is 3.00. The van der Waals surface area contributed by atoms with E-state index >= 15 is 0 Å².